The van der Waals surface area contributed by atoms with E-state index in [0.717, 1.165) is 51.6 Å². The summed E-state index contributed by atoms with van der Waals surface area (Å²) in [5.41, 5.74) is 1.12. The standard InChI is InChI=1S/C18H30N2O2.C12H14N2O.C10H20N2O4/c21-14-20-12-10-18(11-13-20)8-6-15(7-9-18)17(22)19-16-4-2-1-3-5-16;15-12-6-5-11(14(12)10-3-4-10)9-2-1-7-13-8-9;1-10(2,3)16-9(14)12-5-7-15-6-4-11-8-13/h14-16H,1-13H2,(H,19,22);1-2,7-8,10-11H,3-6H2;8H,4-7H2,1-3H3,(H,11,13)(H,12,14). The fourth-order valence-electron chi connectivity index (χ4n) is 7.91. The zero-order valence-corrected chi connectivity index (χ0v) is 32.3. The van der Waals surface area contributed by atoms with Crippen LogP contribution in [0.1, 0.15) is 129 Å². The van der Waals surface area contributed by atoms with Gasteiger partial charge >= 0.3 is 6.09 Å². The third-order valence-electron chi connectivity index (χ3n) is 11.0. The highest BCUT2D eigenvalue weighted by atomic mass is 16.6. The average molecular weight is 741 g/mol. The first-order chi connectivity index (χ1) is 25.5. The van der Waals surface area contributed by atoms with Crippen molar-refractivity contribution < 1.29 is 33.4 Å². The molecule has 1 aromatic rings. The van der Waals surface area contributed by atoms with Gasteiger partial charge in [0.1, 0.15) is 5.60 Å². The van der Waals surface area contributed by atoms with Gasteiger partial charge in [-0.3, -0.25) is 24.2 Å². The number of nitrogens with zero attached hydrogens (tertiary/aromatic N) is 3. The van der Waals surface area contributed by atoms with Crippen LogP contribution >= 0.6 is 0 Å². The molecule has 1 spiro atoms. The van der Waals surface area contributed by atoms with Gasteiger partial charge in [-0.05, 0) is 108 Å². The minimum Gasteiger partial charge on any atom is -0.444 e. The van der Waals surface area contributed by atoms with Gasteiger partial charge in [0, 0.05) is 63.0 Å². The van der Waals surface area contributed by atoms with E-state index in [1.165, 1.54) is 63.4 Å². The molecule has 5 fully saturated rings. The van der Waals surface area contributed by atoms with Crippen molar-refractivity contribution in [3.05, 3.63) is 30.1 Å². The molecule has 13 heteroatoms. The second kappa shape index (κ2) is 21.2. The number of piperidine rings is 1. The predicted octanol–water partition coefficient (Wildman–Crippen LogP) is 5.05. The average Bonchev–Trinajstić information content (AvgIpc) is 3.92. The fraction of sp³-hybridized carbons (Fsp3) is 0.750. The van der Waals surface area contributed by atoms with Gasteiger partial charge in [0.05, 0.1) is 19.3 Å². The Morgan fingerprint density at radius 1 is 0.943 bits per heavy atom. The Balaban J connectivity index is 0.000000182. The highest BCUT2D eigenvalue weighted by molar-refractivity contribution is 5.80. The number of hydrogen-bond donors (Lipinski definition) is 3. The Bertz CT molecular complexity index is 1280. The molecule has 0 radical (unpaired) electrons. The number of likely N-dealkylation sites (tertiary alicyclic amines) is 2. The monoisotopic (exact) mass is 740 g/mol. The maximum Gasteiger partial charge on any atom is 0.407 e. The number of pyridine rings is 1. The lowest BCUT2D eigenvalue weighted by Gasteiger charge is -2.45. The molecule has 2 aliphatic heterocycles. The lowest BCUT2D eigenvalue weighted by molar-refractivity contribution is -0.130. The van der Waals surface area contributed by atoms with Crippen molar-refractivity contribution in [2.24, 2.45) is 11.3 Å². The molecular formula is C40H64N6O7. The van der Waals surface area contributed by atoms with Crippen molar-refractivity contribution in [2.75, 3.05) is 39.4 Å². The molecule has 3 saturated carbocycles. The molecule has 1 unspecified atom stereocenters. The summed E-state index contributed by atoms with van der Waals surface area (Å²) in [4.78, 5) is 64.2. The molecule has 0 aromatic carbocycles. The summed E-state index contributed by atoms with van der Waals surface area (Å²) >= 11 is 0. The van der Waals surface area contributed by atoms with Gasteiger partial charge in [0.15, 0.2) is 0 Å². The summed E-state index contributed by atoms with van der Waals surface area (Å²) in [6.07, 6.45) is 21.7. The van der Waals surface area contributed by atoms with Crippen LogP contribution in [0.2, 0.25) is 0 Å². The molecule has 53 heavy (non-hydrogen) atoms. The van der Waals surface area contributed by atoms with Crippen LogP contribution in [0.4, 0.5) is 4.79 Å². The first-order valence-corrected chi connectivity index (χ1v) is 19.9. The zero-order valence-electron chi connectivity index (χ0n) is 32.3. The Labute approximate surface area is 316 Å². The van der Waals surface area contributed by atoms with Crippen LogP contribution in [-0.2, 0) is 28.7 Å². The number of aromatic nitrogens is 1. The van der Waals surface area contributed by atoms with Crippen molar-refractivity contribution in [3.63, 3.8) is 0 Å². The van der Waals surface area contributed by atoms with Gasteiger partial charge < -0.3 is 35.2 Å². The number of alkyl carbamates (subject to hydrolysis) is 1. The summed E-state index contributed by atoms with van der Waals surface area (Å²) < 4.78 is 10.1. The Morgan fingerprint density at radius 2 is 1.64 bits per heavy atom. The Hall–Kier alpha value is -3.74. The van der Waals surface area contributed by atoms with E-state index in [1.807, 2.05) is 17.2 Å². The number of carbonyl (C=O) groups excluding carboxylic acids is 5. The summed E-state index contributed by atoms with van der Waals surface area (Å²) in [5.74, 6) is 0.870. The molecule has 5 amide bonds. The van der Waals surface area contributed by atoms with Crippen LogP contribution in [0, 0.1) is 11.3 Å². The van der Waals surface area contributed by atoms with E-state index in [0.29, 0.717) is 74.5 Å². The van der Waals surface area contributed by atoms with Crippen molar-refractivity contribution in [1.29, 1.82) is 0 Å². The summed E-state index contributed by atoms with van der Waals surface area (Å²) in [6, 6.07) is 5.27. The third kappa shape index (κ3) is 14.5. The van der Waals surface area contributed by atoms with E-state index in [-0.39, 0.29) is 5.92 Å². The number of hydrogen-bond acceptors (Lipinski definition) is 8. The molecule has 2 saturated heterocycles. The summed E-state index contributed by atoms with van der Waals surface area (Å²) in [7, 11) is 0. The van der Waals surface area contributed by atoms with E-state index in [9.17, 15) is 24.0 Å². The minimum absolute atomic E-state index is 0.233. The number of nitrogens with one attached hydrogen (secondary N) is 3. The normalized spacial score (nSPS) is 21.7. The Kier molecular flexibility index (Phi) is 16.8. The highest BCUT2D eigenvalue weighted by Crippen LogP contribution is 2.46. The van der Waals surface area contributed by atoms with Gasteiger partial charge in [-0.25, -0.2) is 4.79 Å². The molecule has 5 aliphatic rings. The summed E-state index contributed by atoms with van der Waals surface area (Å²) in [6.45, 7) is 8.88. The van der Waals surface area contributed by atoms with Gasteiger partial charge in [0.25, 0.3) is 0 Å². The van der Waals surface area contributed by atoms with Crippen molar-refractivity contribution in [1.82, 2.24) is 30.7 Å². The lowest BCUT2D eigenvalue weighted by atomic mass is 9.65. The van der Waals surface area contributed by atoms with Crippen LogP contribution in [0.5, 0.6) is 0 Å². The van der Waals surface area contributed by atoms with E-state index >= 15 is 0 Å². The van der Waals surface area contributed by atoms with Gasteiger partial charge in [-0.1, -0.05) is 25.3 Å². The van der Waals surface area contributed by atoms with Gasteiger partial charge in [-0.2, -0.15) is 0 Å². The first kappa shape index (κ1) is 42.0. The second-order valence-corrected chi connectivity index (χ2v) is 16.2. The van der Waals surface area contributed by atoms with E-state index in [4.69, 9.17) is 9.47 Å². The maximum absolute atomic E-state index is 12.5. The van der Waals surface area contributed by atoms with Crippen molar-refractivity contribution in [2.45, 2.75) is 141 Å². The number of rotatable bonds is 12. The smallest absolute Gasteiger partial charge is 0.407 e. The van der Waals surface area contributed by atoms with Crippen molar-refractivity contribution >= 4 is 30.7 Å². The van der Waals surface area contributed by atoms with Crippen LogP contribution < -0.4 is 16.0 Å². The SMILES string of the molecule is CC(C)(C)OC(=O)NCCOCCNC=O.O=C1CCC(c2cccnc2)N1C1CC1.O=CN1CCC2(CCC(C(=O)NC3CCCCC3)CC2)CC1. The number of ether oxygens (including phenoxy) is 2. The molecule has 3 aliphatic carbocycles. The third-order valence-corrected chi connectivity index (χ3v) is 11.0. The molecule has 296 valence electrons. The van der Waals surface area contributed by atoms with Gasteiger partial charge in [0.2, 0.25) is 24.6 Å². The first-order valence-electron chi connectivity index (χ1n) is 19.9. The molecular weight excluding hydrogens is 676 g/mol. The van der Waals surface area contributed by atoms with Crippen LogP contribution in [0.3, 0.4) is 0 Å². The lowest BCUT2D eigenvalue weighted by Crippen LogP contribution is -2.45. The molecule has 6 rings (SSSR count). The zero-order chi connectivity index (χ0) is 38.1. The molecule has 3 heterocycles. The summed E-state index contributed by atoms with van der Waals surface area (Å²) in [5, 5.41) is 8.32. The Morgan fingerprint density at radius 3 is 2.25 bits per heavy atom. The van der Waals surface area contributed by atoms with Crippen LogP contribution in [-0.4, -0.2) is 103 Å². The highest BCUT2D eigenvalue weighted by Gasteiger charge is 2.42. The van der Waals surface area contributed by atoms with Crippen molar-refractivity contribution in [3.8, 4) is 0 Å². The topological polar surface area (TPSA) is 159 Å². The maximum atomic E-state index is 12.5. The molecule has 1 atom stereocenters. The quantitative estimate of drug-likeness (QED) is 0.199. The second-order valence-electron chi connectivity index (χ2n) is 16.2. The fourth-order valence-corrected chi connectivity index (χ4v) is 7.91. The molecule has 13 nitrogen and oxygen atoms in total. The minimum atomic E-state index is -0.487. The number of amides is 5. The van der Waals surface area contributed by atoms with E-state index < -0.39 is 11.7 Å². The van der Waals surface area contributed by atoms with Gasteiger partial charge in [-0.15, -0.1) is 0 Å². The van der Waals surface area contributed by atoms with Crippen LogP contribution in [0.25, 0.3) is 0 Å². The largest absolute Gasteiger partial charge is 0.444 e. The molecule has 1 aromatic heterocycles. The molecule has 3 N–H and O–H groups in total. The molecule has 0 bridgehead atoms. The predicted molar refractivity (Wildman–Crippen MR) is 201 cm³/mol. The van der Waals surface area contributed by atoms with Crippen LogP contribution in [0.15, 0.2) is 24.5 Å². The number of carbonyl (C=O) groups is 5. The van der Waals surface area contributed by atoms with E-state index in [2.05, 4.69) is 31.9 Å². The van der Waals surface area contributed by atoms with E-state index in [1.54, 1.807) is 27.0 Å².